The summed E-state index contributed by atoms with van der Waals surface area (Å²) in [4.78, 5) is 25.6. The maximum Gasteiger partial charge on any atom is 0.253 e. The molecule has 0 aromatic heterocycles. The van der Waals surface area contributed by atoms with Crippen molar-refractivity contribution in [3.05, 3.63) is 63.6 Å². The van der Waals surface area contributed by atoms with Crippen molar-refractivity contribution >= 4 is 50.7 Å². The molecule has 1 heterocycles. The SMILES string of the molecule is CC(C)CNC(=O)c1ccccc1NC(=O)[C@H]1CCCN(S(=O)(=O)Cc2ccc(Cl)cc2Cl)C1. The molecule has 184 valence electrons. The minimum atomic E-state index is -3.69. The van der Waals surface area contributed by atoms with Gasteiger partial charge >= 0.3 is 0 Å². The number of amides is 2. The normalized spacial score (nSPS) is 16.9. The Bertz CT molecular complexity index is 1150. The highest BCUT2D eigenvalue weighted by molar-refractivity contribution is 7.88. The Hall–Kier alpha value is -2.13. The summed E-state index contributed by atoms with van der Waals surface area (Å²) in [6, 6.07) is 11.5. The van der Waals surface area contributed by atoms with Crippen LogP contribution in [0.2, 0.25) is 10.0 Å². The molecule has 34 heavy (non-hydrogen) atoms. The average Bonchev–Trinajstić information content (AvgIpc) is 2.79. The van der Waals surface area contributed by atoms with Gasteiger partial charge in [0.15, 0.2) is 0 Å². The van der Waals surface area contributed by atoms with E-state index < -0.39 is 15.9 Å². The zero-order valence-electron chi connectivity index (χ0n) is 19.2. The summed E-state index contributed by atoms with van der Waals surface area (Å²) in [5.74, 6) is -1.08. The van der Waals surface area contributed by atoms with Gasteiger partial charge < -0.3 is 10.6 Å². The van der Waals surface area contributed by atoms with Crippen molar-refractivity contribution in [3.63, 3.8) is 0 Å². The van der Waals surface area contributed by atoms with Crippen LogP contribution in [0, 0.1) is 11.8 Å². The Kier molecular flexibility index (Phi) is 8.98. The van der Waals surface area contributed by atoms with E-state index in [1.807, 2.05) is 13.8 Å². The molecule has 7 nitrogen and oxygen atoms in total. The number of rotatable bonds is 8. The zero-order chi connectivity index (χ0) is 24.9. The highest BCUT2D eigenvalue weighted by Crippen LogP contribution is 2.27. The summed E-state index contributed by atoms with van der Waals surface area (Å²) in [6.07, 6.45) is 1.11. The Morgan fingerprint density at radius 3 is 2.59 bits per heavy atom. The van der Waals surface area contributed by atoms with Gasteiger partial charge in [-0.15, -0.1) is 0 Å². The number of para-hydroxylation sites is 1. The molecule has 1 aliphatic heterocycles. The first-order valence-electron chi connectivity index (χ1n) is 11.2. The average molecular weight is 526 g/mol. The fourth-order valence-electron chi connectivity index (χ4n) is 3.75. The van der Waals surface area contributed by atoms with E-state index >= 15 is 0 Å². The van der Waals surface area contributed by atoms with Crippen molar-refractivity contribution in [2.24, 2.45) is 11.8 Å². The molecule has 3 rings (SSSR count). The van der Waals surface area contributed by atoms with Crippen molar-refractivity contribution in [2.75, 3.05) is 25.0 Å². The minimum absolute atomic E-state index is 0.0705. The van der Waals surface area contributed by atoms with Gasteiger partial charge in [0.2, 0.25) is 15.9 Å². The number of sulfonamides is 1. The second kappa shape index (κ2) is 11.5. The smallest absolute Gasteiger partial charge is 0.253 e. The molecule has 0 saturated carbocycles. The van der Waals surface area contributed by atoms with E-state index in [0.717, 1.165) is 0 Å². The third-order valence-electron chi connectivity index (χ3n) is 5.60. The number of benzene rings is 2. The number of piperidine rings is 1. The van der Waals surface area contributed by atoms with Gasteiger partial charge in [-0.05, 0) is 48.6 Å². The van der Waals surface area contributed by atoms with Crippen molar-refractivity contribution in [2.45, 2.75) is 32.4 Å². The number of nitrogens with one attached hydrogen (secondary N) is 2. The lowest BCUT2D eigenvalue weighted by molar-refractivity contribution is -0.120. The van der Waals surface area contributed by atoms with Gasteiger partial charge in [-0.2, -0.15) is 0 Å². The molecular formula is C24H29Cl2N3O4S. The molecule has 1 atom stereocenters. The van der Waals surface area contributed by atoms with Crippen LogP contribution in [0.3, 0.4) is 0 Å². The summed E-state index contributed by atoms with van der Waals surface area (Å²) in [5.41, 5.74) is 1.23. The first kappa shape index (κ1) is 26.5. The van der Waals surface area contributed by atoms with E-state index in [-0.39, 0.29) is 29.1 Å². The van der Waals surface area contributed by atoms with Crippen molar-refractivity contribution in [3.8, 4) is 0 Å². The minimum Gasteiger partial charge on any atom is -0.352 e. The van der Waals surface area contributed by atoms with E-state index in [1.165, 1.54) is 10.4 Å². The van der Waals surface area contributed by atoms with Crippen LogP contribution >= 0.6 is 23.2 Å². The molecular weight excluding hydrogens is 497 g/mol. The third kappa shape index (κ3) is 6.95. The van der Waals surface area contributed by atoms with Crippen LogP contribution in [0.1, 0.15) is 42.6 Å². The predicted octanol–water partition coefficient (Wildman–Crippen LogP) is 4.56. The van der Waals surface area contributed by atoms with Gasteiger partial charge in [-0.3, -0.25) is 9.59 Å². The van der Waals surface area contributed by atoms with Crippen LogP contribution in [0.5, 0.6) is 0 Å². The summed E-state index contributed by atoms with van der Waals surface area (Å²) < 4.78 is 27.4. The fraction of sp³-hybridized carbons (Fsp3) is 0.417. The Balaban J connectivity index is 1.68. The monoisotopic (exact) mass is 525 g/mol. The van der Waals surface area contributed by atoms with Crippen molar-refractivity contribution < 1.29 is 18.0 Å². The molecule has 2 amide bonds. The standard InChI is InChI=1S/C24H29Cl2N3O4S/c1-16(2)13-27-24(31)20-7-3-4-8-22(20)28-23(30)17-6-5-11-29(14-17)34(32,33)15-18-9-10-19(25)12-21(18)26/h3-4,7-10,12,16-17H,5-6,11,13-15H2,1-2H3,(H,27,31)(H,28,30)/t17-/m0/s1. The van der Waals surface area contributed by atoms with Crippen molar-refractivity contribution in [1.29, 1.82) is 0 Å². The topological polar surface area (TPSA) is 95.6 Å². The Labute approximate surface area is 210 Å². The molecule has 1 fully saturated rings. The van der Waals surface area contributed by atoms with Crippen molar-refractivity contribution in [1.82, 2.24) is 9.62 Å². The molecule has 2 N–H and O–H groups in total. The van der Waals surface area contributed by atoms with Gasteiger partial charge in [0, 0.05) is 29.7 Å². The van der Waals surface area contributed by atoms with Crippen LogP contribution in [0.15, 0.2) is 42.5 Å². The van der Waals surface area contributed by atoms with Crippen LogP contribution in [-0.2, 0) is 20.6 Å². The summed E-state index contributed by atoms with van der Waals surface area (Å²) >= 11 is 12.1. The van der Waals surface area contributed by atoms with Gasteiger partial charge in [0.25, 0.3) is 5.91 Å². The van der Waals surface area contributed by atoms with E-state index in [1.54, 1.807) is 36.4 Å². The van der Waals surface area contributed by atoms with Crippen LogP contribution < -0.4 is 10.6 Å². The molecule has 2 aromatic rings. The van der Waals surface area contributed by atoms with Crippen LogP contribution in [0.4, 0.5) is 5.69 Å². The van der Waals surface area contributed by atoms with E-state index in [9.17, 15) is 18.0 Å². The second-order valence-electron chi connectivity index (χ2n) is 8.83. The molecule has 1 saturated heterocycles. The summed E-state index contributed by atoms with van der Waals surface area (Å²) in [7, 11) is -3.69. The van der Waals surface area contributed by atoms with E-state index in [4.69, 9.17) is 23.2 Å². The first-order valence-corrected chi connectivity index (χ1v) is 13.5. The number of hydrogen-bond donors (Lipinski definition) is 2. The quantitative estimate of drug-likeness (QED) is 0.527. The van der Waals surface area contributed by atoms with Gasteiger partial charge in [-0.25, -0.2) is 12.7 Å². The van der Waals surface area contributed by atoms with Crippen LogP contribution in [0.25, 0.3) is 0 Å². The number of nitrogens with zero attached hydrogens (tertiary/aromatic N) is 1. The molecule has 0 spiro atoms. The molecule has 0 bridgehead atoms. The van der Waals surface area contributed by atoms with E-state index in [2.05, 4.69) is 10.6 Å². The lowest BCUT2D eigenvalue weighted by Gasteiger charge is -2.31. The molecule has 0 unspecified atom stereocenters. The Morgan fingerprint density at radius 2 is 1.88 bits per heavy atom. The molecule has 1 aliphatic rings. The number of carbonyl (C=O) groups is 2. The lowest BCUT2D eigenvalue weighted by atomic mass is 9.98. The molecule has 2 aromatic carbocycles. The highest BCUT2D eigenvalue weighted by Gasteiger charge is 2.33. The zero-order valence-corrected chi connectivity index (χ0v) is 21.5. The first-order chi connectivity index (χ1) is 16.1. The van der Waals surface area contributed by atoms with Gasteiger partial charge in [-0.1, -0.05) is 55.2 Å². The molecule has 0 aliphatic carbocycles. The van der Waals surface area contributed by atoms with Gasteiger partial charge in [0.05, 0.1) is 22.9 Å². The fourth-order valence-corrected chi connectivity index (χ4v) is 5.95. The highest BCUT2D eigenvalue weighted by atomic mass is 35.5. The summed E-state index contributed by atoms with van der Waals surface area (Å²) in [5, 5.41) is 6.40. The Morgan fingerprint density at radius 1 is 1.15 bits per heavy atom. The second-order valence-corrected chi connectivity index (χ2v) is 11.6. The number of carbonyl (C=O) groups excluding carboxylic acids is 2. The predicted molar refractivity (Wildman–Crippen MR) is 136 cm³/mol. The number of anilines is 1. The molecule has 0 radical (unpaired) electrons. The van der Waals surface area contributed by atoms with E-state index in [0.29, 0.717) is 53.7 Å². The largest absolute Gasteiger partial charge is 0.352 e. The third-order valence-corrected chi connectivity index (χ3v) is 7.98. The maximum absolute atomic E-state index is 13.0. The summed E-state index contributed by atoms with van der Waals surface area (Å²) in [6.45, 7) is 4.93. The number of halogens is 2. The lowest BCUT2D eigenvalue weighted by Crippen LogP contribution is -2.44. The van der Waals surface area contributed by atoms with Crippen LogP contribution in [-0.4, -0.2) is 44.2 Å². The molecule has 10 heteroatoms. The number of hydrogen-bond acceptors (Lipinski definition) is 4. The van der Waals surface area contributed by atoms with Gasteiger partial charge in [0.1, 0.15) is 0 Å². The maximum atomic E-state index is 13.0.